The van der Waals surface area contributed by atoms with E-state index in [0.29, 0.717) is 12.2 Å². The number of rotatable bonds is 14. The first-order chi connectivity index (χ1) is 19.5. The van der Waals surface area contributed by atoms with Gasteiger partial charge in [-0.05, 0) is 44.0 Å². The minimum Gasteiger partial charge on any atom is -0.492 e. The largest absolute Gasteiger partial charge is 0.492 e. The van der Waals surface area contributed by atoms with Crippen molar-refractivity contribution >= 4 is 27.5 Å². The Morgan fingerprint density at radius 2 is 1.59 bits per heavy atom. The standard InChI is InChI=1S/C31H38FN3O5S/c1-5-23(3)33-31(37)28(20-24-14-8-7-9-15-24)34(21-25-16-10-11-17-26(25)32)30(36)22-35(41(4,38)39)27-18-12-13-19-29(27)40-6-2/h7-19,23,28H,5-6,20-22H2,1-4H3,(H,33,37). The van der Waals surface area contributed by atoms with Crippen LogP contribution in [0.4, 0.5) is 10.1 Å². The zero-order chi connectivity index (χ0) is 30.0. The number of halogens is 1. The van der Waals surface area contributed by atoms with Crippen LogP contribution >= 0.6 is 0 Å². The molecule has 0 saturated carbocycles. The molecule has 220 valence electrons. The summed E-state index contributed by atoms with van der Waals surface area (Å²) >= 11 is 0. The molecular formula is C31H38FN3O5S. The molecule has 0 fully saturated rings. The highest BCUT2D eigenvalue weighted by Gasteiger charge is 2.34. The van der Waals surface area contributed by atoms with Crippen LogP contribution in [0, 0.1) is 5.82 Å². The van der Waals surface area contributed by atoms with Crippen molar-refractivity contribution in [1.82, 2.24) is 10.2 Å². The monoisotopic (exact) mass is 583 g/mol. The lowest BCUT2D eigenvalue weighted by molar-refractivity contribution is -0.140. The van der Waals surface area contributed by atoms with Crippen LogP contribution in [0.3, 0.4) is 0 Å². The Labute approximate surface area is 242 Å². The van der Waals surface area contributed by atoms with Crippen molar-refractivity contribution in [3.05, 3.63) is 95.8 Å². The molecule has 3 aromatic rings. The van der Waals surface area contributed by atoms with Crippen molar-refractivity contribution in [2.45, 2.75) is 52.2 Å². The molecule has 0 aliphatic heterocycles. The zero-order valence-electron chi connectivity index (χ0n) is 23.9. The first-order valence-electron chi connectivity index (χ1n) is 13.6. The maximum absolute atomic E-state index is 14.9. The molecule has 0 saturated heterocycles. The highest BCUT2D eigenvalue weighted by molar-refractivity contribution is 7.92. The Morgan fingerprint density at radius 3 is 2.22 bits per heavy atom. The van der Waals surface area contributed by atoms with Gasteiger partial charge in [0.25, 0.3) is 0 Å². The molecule has 2 atom stereocenters. The number of carbonyl (C=O) groups is 2. The molecule has 10 heteroatoms. The molecule has 0 heterocycles. The number of hydrogen-bond donors (Lipinski definition) is 1. The molecule has 3 rings (SSSR count). The number of anilines is 1. The van der Waals surface area contributed by atoms with Gasteiger partial charge in [0.1, 0.15) is 24.2 Å². The Kier molecular flexibility index (Phi) is 11.3. The van der Waals surface area contributed by atoms with Crippen LogP contribution in [-0.4, -0.2) is 56.6 Å². The Morgan fingerprint density at radius 1 is 0.951 bits per heavy atom. The number of hydrogen-bond acceptors (Lipinski definition) is 5. The molecule has 2 unspecified atom stereocenters. The van der Waals surface area contributed by atoms with Crippen molar-refractivity contribution in [3.63, 3.8) is 0 Å². The van der Waals surface area contributed by atoms with E-state index in [4.69, 9.17) is 4.74 Å². The van der Waals surface area contributed by atoms with Crippen LogP contribution in [0.25, 0.3) is 0 Å². The summed E-state index contributed by atoms with van der Waals surface area (Å²) in [5, 5.41) is 2.95. The van der Waals surface area contributed by atoms with Gasteiger partial charge < -0.3 is 15.0 Å². The summed E-state index contributed by atoms with van der Waals surface area (Å²) in [6, 6.07) is 20.5. The second kappa shape index (κ2) is 14.6. The quantitative estimate of drug-likeness (QED) is 0.301. The maximum Gasteiger partial charge on any atom is 0.244 e. The van der Waals surface area contributed by atoms with E-state index in [9.17, 15) is 22.4 Å². The molecule has 0 bridgehead atoms. The summed E-state index contributed by atoms with van der Waals surface area (Å²) in [5.41, 5.74) is 1.19. The smallest absolute Gasteiger partial charge is 0.244 e. The predicted octanol–water partition coefficient (Wildman–Crippen LogP) is 4.55. The van der Waals surface area contributed by atoms with E-state index < -0.39 is 40.2 Å². The van der Waals surface area contributed by atoms with Crippen molar-refractivity contribution in [1.29, 1.82) is 0 Å². The van der Waals surface area contributed by atoms with Gasteiger partial charge in [0.15, 0.2) is 0 Å². The average Bonchev–Trinajstić information content (AvgIpc) is 2.95. The van der Waals surface area contributed by atoms with E-state index in [-0.39, 0.29) is 36.9 Å². The Hall–Kier alpha value is -3.92. The molecule has 0 spiro atoms. The fourth-order valence-electron chi connectivity index (χ4n) is 4.34. The highest BCUT2D eigenvalue weighted by Crippen LogP contribution is 2.30. The van der Waals surface area contributed by atoms with Crippen LogP contribution in [0.5, 0.6) is 5.75 Å². The summed E-state index contributed by atoms with van der Waals surface area (Å²) in [4.78, 5) is 29.1. The summed E-state index contributed by atoms with van der Waals surface area (Å²) in [7, 11) is -3.96. The average molecular weight is 584 g/mol. The van der Waals surface area contributed by atoms with E-state index >= 15 is 0 Å². The van der Waals surface area contributed by atoms with Gasteiger partial charge in [0.2, 0.25) is 21.8 Å². The van der Waals surface area contributed by atoms with Crippen molar-refractivity contribution in [3.8, 4) is 5.75 Å². The number of carbonyl (C=O) groups excluding carboxylic acids is 2. The second-order valence-electron chi connectivity index (χ2n) is 9.81. The molecule has 1 N–H and O–H groups in total. The molecule has 0 aliphatic rings. The third-order valence-electron chi connectivity index (χ3n) is 6.68. The summed E-state index contributed by atoms with van der Waals surface area (Å²) in [5.74, 6) is -1.31. The second-order valence-corrected chi connectivity index (χ2v) is 11.7. The zero-order valence-corrected chi connectivity index (χ0v) is 24.7. The van der Waals surface area contributed by atoms with Crippen molar-refractivity contribution in [2.24, 2.45) is 0 Å². The molecule has 3 aromatic carbocycles. The van der Waals surface area contributed by atoms with Crippen LogP contribution in [0.1, 0.15) is 38.3 Å². The van der Waals surface area contributed by atoms with Crippen LogP contribution in [-0.2, 0) is 32.6 Å². The molecule has 8 nitrogen and oxygen atoms in total. The number of nitrogens with zero attached hydrogens (tertiary/aromatic N) is 2. The topological polar surface area (TPSA) is 96.0 Å². The molecule has 0 radical (unpaired) electrons. The van der Waals surface area contributed by atoms with Gasteiger partial charge >= 0.3 is 0 Å². The SMILES string of the molecule is CCOc1ccccc1N(CC(=O)N(Cc1ccccc1F)C(Cc1ccccc1)C(=O)NC(C)CC)S(C)(=O)=O. The Bertz CT molecular complexity index is 1420. The maximum atomic E-state index is 14.9. The van der Waals surface area contributed by atoms with Crippen LogP contribution in [0.2, 0.25) is 0 Å². The summed E-state index contributed by atoms with van der Waals surface area (Å²) in [6.07, 6.45) is 1.82. The molecular weight excluding hydrogens is 545 g/mol. The minimum atomic E-state index is -3.96. The van der Waals surface area contributed by atoms with E-state index in [1.54, 1.807) is 43.3 Å². The van der Waals surface area contributed by atoms with Crippen molar-refractivity contribution in [2.75, 3.05) is 23.7 Å². The van der Waals surface area contributed by atoms with E-state index in [0.717, 1.165) is 16.1 Å². The van der Waals surface area contributed by atoms with Crippen molar-refractivity contribution < 1.29 is 27.1 Å². The van der Waals surface area contributed by atoms with E-state index in [1.807, 2.05) is 44.2 Å². The summed E-state index contributed by atoms with van der Waals surface area (Å²) < 4.78 is 47.5. The van der Waals surface area contributed by atoms with Crippen LogP contribution < -0.4 is 14.4 Å². The van der Waals surface area contributed by atoms with E-state index in [1.165, 1.54) is 17.0 Å². The van der Waals surface area contributed by atoms with Gasteiger partial charge in [-0.15, -0.1) is 0 Å². The first kappa shape index (κ1) is 31.6. The number of ether oxygens (including phenoxy) is 1. The van der Waals surface area contributed by atoms with Gasteiger partial charge in [0.05, 0.1) is 18.6 Å². The predicted molar refractivity (Wildman–Crippen MR) is 159 cm³/mol. The number of nitrogens with one attached hydrogen (secondary N) is 1. The first-order valence-corrected chi connectivity index (χ1v) is 15.5. The number of sulfonamides is 1. The normalized spacial score (nSPS) is 12.7. The van der Waals surface area contributed by atoms with Gasteiger partial charge in [-0.2, -0.15) is 0 Å². The fraction of sp³-hybridized carbons (Fsp3) is 0.355. The molecule has 0 aliphatic carbocycles. The van der Waals surface area contributed by atoms with E-state index in [2.05, 4.69) is 5.32 Å². The van der Waals surface area contributed by atoms with Gasteiger partial charge in [-0.1, -0.05) is 67.6 Å². The summed E-state index contributed by atoms with van der Waals surface area (Å²) in [6.45, 7) is 5.00. The highest BCUT2D eigenvalue weighted by atomic mass is 32.2. The minimum absolute atomic E-state index is 0.151. The fourth-order valence-corrected chi connectivity index (χ4v) is 5.19. The number of benzene rings is 3. The lowest BCUT2D eigenvalue weighted by Gasteiger charge is -2.34. The molecule has 0 aromatic heterocycles. The lowest BCUT2D eigenvalue weighted by atomic mass is 10.0. The van der Waals surface area contributed by atoms with Crippen LogP contribution in [0.15, 0.2) is 78.9 Å². The van der Waals surface area contributed by atoms with Gasteiger partial charge in [-0.25, -0.2) is 12.8 Å². The number of amides is 2. The third kappa shape index (κ3) is 8.78. The lowest BCUT2D eigenvalue weighted by Crippen LogP contribution is -2.54. The van der Waals surface area contributed by atoms with Gasteiger partial charge in [0, 0.05) is 24.6 Å². The molecule has 2 amide bonds. The third-order valence-corrected chi connectivity index (χ3v) is 7.81. The molecule has 41 heavy (non-hydrogen) atoms. The Balaban J connectivity index is 2.09. The number of para-hydroxylation sites is 2. The van der Waals surface area contributed by atoms with Gasteiger partial charge in [-0.3, -0.25) is 13.9 Å².